The van der Waals surface area contributed by atoms with Crippen LogP contribution < -0.4 is 4.74 Å². The van der Waals surface area contributed by atoms with Crippen molar-refractivity contribution in [3.63, 3.8) is 0 Å². The van der Waals surface area contributed by atoms with Gasteiger partial charge in [0, 0.05) is 36.6 Å². The Morgan fingerprint density at radius 1 is 1.13 bits per heavy atom. The van der Waals surface area contributed by atoms with Crippen molar-refractivity contribution in [2.24, 2.45) is 4.99 Å². The van der Waals surface area contributed by atoms with Crippen LogP contribution in [-0.4, -0.2) is 33.7 Å². The van der Waals surface area contributed by atoms with Crippen molar-refractivity contribution in [1.29, 1.82) is 0 Å². The predicted octanol–water partition coefficient (Wildman–Crippen LogP) is 6.71. The van der Waals surface area contributed by atoms with Gasteiger partial charge >= 0.3 is 0 Å². The van der Waals surface area contributed by atoms with Gasteiger partial charge in [0.1, 0.15) is 11.6 Å². The smallest absolute Gasteiger partial charge is 0.298 e. The summed E-state index contributed by atoms with van der Waals surface area (Å²) in [4.78, 5) is 11.5. The monoisotopic (exact) mass is 452 g/mol. The molecule has 5 rings (SSSR count). The number of aryl methyl sites for hydroxylation is 1. The molecule has 2 heterocycles. The minimum atomic E-state index is 0.382. The van der Waals surface area contributed by atoms with Crippen LogP contribution in [0, 0.1) is 6.92 Å². The Bertz CT molecular complexity index is 1080. The number of aliphatic imine (C=N–C) groups is 1. The van der Waals surface area contributed by atoms with E-state index < -0.39 is 0 Å². The second-order valence-electron chi connectivity index (χ2n) is 8.29. The molecule has 0 N–H and O–H groups in total. The molecule has 7 heteroatoms. The fraction of sp³-hybridized carbons (Fsp3) is 0.375. The number of likely N-dealkylation sites (tertiary alicyclic amines) is 1. The molecule has 2 aliphatic rings. The molecule has 1 saturated heterocycles. The maximum Gasteiger partial charge on any atom is 0.298 e. The topological polar surface area (TPSA) is 50.6 Å². The van der Waals surface area contributed by atoms with E-state index in [0.29, 0.717) is 27.8 Å². The number of hydrogen-bond donors (Lipinski definition) is 0. The van der Waals surface area contributed by atoms with Crippen LogP contribution >= 0.6 is 23.1 Å². The molecule has 1 aliphatic carbocycles. The Morgan fingerprint density at radius 2 is 1.94 bits per heavy atom. The quantitative estimate of drug-likeness (QED) is 0.308. The number of nitrogens with zero attached hydrogens (tertiary/aromatic N) is 4. The molecule has 31 heavy (non-hydrogen) atoms. The lowest BCUT2D eigenvalue weighted by molar-refractivity contribution is 0.351. The summed E-state index contributed by atoms with van der Waals surface area (Å²) >= 11 is 7.79. The van der Waals surface area contributed by atoms with E-state index in [1.54, 1.807) is 0 Å². The molecule has 3 aromatic rings. The van der Waals surface area contributed by atoms with Crippen molar-refractivity contribution in [1.82, 2.24) is 14.3 Å². The van der Waals surface area contributed by atoms with Gasteiger partial charge in [0.2, 0.25) is 0 Å². The van der Waals surface area contributed by atoms with Crippen molar-refractivity contribution in [3.05, 3.63) is 64.4 Å². The zero-order valence-electron chi connectivity index (χ0n) is 17.5. The molecular weight excluding hydrogens is 428 g/mol. The van der Waals surface area contributed by atoms with E-state index in [4.69, 9.17) is 16.3 Å². The van der Waals surface area contributed by atoms with E-state index in [1.807, 2.05) is 31.5 Å². The minimum absolute atomic E-state index is 0.382. The van der Waals surface area contributed by atoms with E-state index in [-0.39, 0.29) is 0 Å². The first-order chi connectivity index (χ1) is 15.2. The highest BCUT2D eigenvalue weighted by Crippen LogP contribution is 2.54. The standard InChI is InChI=1S/C24H25ClN4OS/c1-16-12-21(26-15-29-10-6-3-7-11-29)20(25)14-22(16)30-24-27-23(28-31-24)19-13-18(19)17-8-4-2-5-9-17/h2,4-5,8-9,12,14-15,18-19H,3,6-7,10-11,13H2,1H3/b26-15+/t18-,19+/m0/s1. The third kappa shape index (κ3) is 4.75. The SMILES string of the molecule is Cc1cc(/N=C/N2CCCCC2)c(Cl)cc1Oc1nc([C@@H]2C[C@H]2c2ccccc2)ns1. The summed E-state index contributed by atoms with van der Waals surface area (Å²) in [5.41, 5.74) is 3.09. The maximum atomic E-state index is 6.49. The lowest BCUT2D eigenvalue weighted by Gasteiger charge is -2.23. The minimum Gasteiger partial charge on any atom is -0.430 e. The lowest BCUT2D eigenvalue weighted by atomic mass is 10.1. The van der Waals surface area contributed by atoms with E-state index in [0.717, 1.165) is 36.6 Å². The number of ether oxygens (including phenoxy) is 1. The molecule has 2 atom stereocenters. The van der Waals surface area contributed by atoms with Crippen LogP contribution in [0.1, 0.15) is 54.5 Å². The van der Waals surface area contributed by atoms with E-state index in [2.05, 4.69) is 43.5 Å². The average molecular weight is 453 g/mol. The summed E-state index contributed by atoms with van der Waals surface area (Å²) < 4.78 is 10.6. The van der Waals surface area contributed by atoms with Crippen LogP contribution in [0.15, 0.2) is 47.5 Å². The van der Waals surface area contributed by atoms with Crippen molar-refractivity contribution in [3.8, 4) is 10.9 Å². The number of piperidine rings is 1. The zero-order chi connectivity index (χ0) is 21.2. The van der Waals surface area contributed by atoms with Gasteiger partial charge in [0.25, 0.3) is 5.19 Å². The molecule has 0 radical (unpaired) electrons. The van der Waals surface area contributed by atoms with Gasteiger partial charge in [-0.05, 0) is 55.7 Å². The Morgan fingerprint density at radius 3 is 2.74 bits per heavy atom. The fourth-order valence-electron chi connectivity index (χ4n) is 4.09. The molecule has 1 aromatic heterocycles. The van der Waals surface area contributed by atoms with E-state index in [1.165, 1.54) is 36.4 Å². The highest BCUT2D eigenvalue weighted by molar-refractivity contribution is 7.07. The van der Waals surface area contributed by atoms with Crippen LogP contribution in [0.2, 0.25) is 5.02 Å². The summed E-state index contributed by atoms with van der Waals surface area (Å²) in [7, 11) is 0. The van der Waals surface area contributed by atoms with Gasteiger partial charge in [-0.2, -0.15) is 9.36 Å². The highest BCUT2D eigenvalue weighted by Gasteiger charge is 2.42. The van der Waals surface area contributed by atoms with E-state index in [9.17, 15) is 0 Å². The average Bonchev–Trinajstić information content (AvgIpc) is 3.47. The molecule has 1 aliphatic heterocycles. The van der Waals surface area contributed by atoms with Crippen LogP contribution in [-0.2, 0) is 0 Å². The van der Waals surface area contributed by atoms with Crippen LogP contribution in [0.5, 0.6) is 10.9 Å². The first-order valence-electron chi connectivity index (χ1n) is 10.8. The molecule has 2 aromatic carbocycles. The van der Waals surface area contributed by atoms with Gasteiger partial charge in [-0.3, -0.25) is 0 Å². The molecule has 5 nitrogen and oxygen atoms in total. The van der Waals surface area contributed by atoms with Crippen molar-refractivity contribution >= 4 is 35.2 Å². The normalized spacial score (nSPS) is 20.9. The van der Waals surface area contributed by atoms with E-state index >= 15 is 0 Å². The second-order valence-corrected chi connectivity index (χ2v) is 9.41. The molecule has 0 bridgehead atoms. The number of aromatic nitrogens is 2. The number of rotatable bonds is 6. The molecule has 0 amide bonds. The Kier molecular flexibility index (Phi) is 5.92. The highest BCUT2D eigenvalue weighted by atomic mass is 35.5. The molecule has 0 unspecified atom stereocenters. The van der Waals surface area contributed by atoms with Crippen LogP contribution in [0.25, 0.3) is 0 Å². The number of halogens is 1. The molecule has 1 saturated carbocycles. The third-order valence-corrected chi connectivity index (χ3v) is 6.88. The summed E-state index contributed by atoms with van der Waals surface area (Å²) in [6.07, 6.45) is 6.76. The largest absolute Gasteiger partial charge is 0.430 e. The van der Waals surface area contributed by atoms with Gasteiger partial charge in [-0.1, -0.05) is 41.9 Å². The Labute approximate surface area is 191 Å². The summed E-state index contributed by atoms with van der Waals surface area (Å²) in [5.74, 6) is 2.46. The maximum absolute atomic E-state index is 6.49. The van der Waals surface area contributed by atoms with Gasteiger partial charge in [0.05, 0.1) is 17.0 Å². The fourth-order valence-corrected chi connectivity index (χ4v) is 4.90. The summed E-state index contributed by atoms with van der Waals surface area (Å²) in [6, 6.07) is 14.4. The van der Waals surface area contributed by atoms with Gasteiger partial charge in [0.15, 0.2) is 0 Å². The third-order valence-electron chi connectivity index (χ3n) is 5.97. The first-order valence-corrected chi connectivity index (χ1v) is 12.0. The van der Waals surface area contributed by atoms with Gasteiger partial charge in [-0.25, -0.2) is 4.99 Å². The number of hydrogen-bond acceptors (Lipinski definition) is 5. The Balaban J connectivity index is 1.25. The Hall–Kier alpha value is -2.44. The summed E-state index contributed by atoms with van der Waals surface area (Å²) in [5, 5.41) is 1.13. The predicted molar refractivity (Wildman–Crippen MR) is 126 cm³/mol. The van der Waals surface area contributed by atoms with Gasteiger partial charge < -0.3 is 9.64 Å². The second kappa shape index (κ2) is 8.97. The van der Waals surface area contributed by atoms with Crippen LogP contribution in [0.3, 0.4) is 0 Å². The van der Waals surface area contributed by atoms with Gasteiger partial charge in [-0.15, -0.1) is 0 Å². The molecule has 0 spiro atoms. The lowest BCUT2D eigenvalue weighted by Crippen LogP contribution is -2.27. The number of benzene rings is 2. The summed E-state index contributed by atoms with van der Waals surface area (Å²) in [6.45, 7) is 4.12. The van der Waals surface area contributed by atoms with Crippen LogP contribution in [0.4, 0.5) is 5.69 Å². The first kappa shape index (κ1) is 20.5. The van der Waals surface area contributed by atoms with Crippen molar-refractivity contribution < 1.29 is 4.74 Å². The molecule has 2 fully saturated rings. The van der Waals surface area contributed by atoms with Crippen molar-refractivity contribution in [2.45, 2.75) is 44.4 Å². The molecule has 160 valence electrons. The van der Waals surface area contributed by atoms with Crippen molar-refractivity contribution in [2.75, 3.05) is 13.1 Å². The zero-order valence-corrected chi connectivity index (χ0v) is 19.1. The molecular formula is C24H25ClN4OS.